The molecule has 20 heavy (non-hydrogen) atoms. The van der Waals surface area contributed by atoms with Crippen molar-refractivity contribution in [2.45, 2.75) is 39.4 Å². The summed E-state index contributed by atoms with van der Waals surface area (Å²) in [7, 11) is 0. The summed E-state index contributed by atoms with van der Waals surface area (Å²) < 4.78 is 12.7. The fourth-order valence-electron chi connectivity index (χ4n) is 1.76. The second-order valence-electron chi connectivity index (χ2n) is 5.68. The van der Waals surface area contributed by atoms with Crippen LogP contribution in [0.5, 0.6) is 0 Å². The van der Waals surface area contributed by atoms with E-state index in [1.807, 2.05) is 12.1 Å². The molecule has 0 saturated heterocycles. The van der Waals surface area contributed by atoms with Gasteiger partial charge in [0.2, 0.25) is 0 Å². The molecular formula is C16H26BrNO2. The average molecular weight is 344 g/mol. The molecular weight excluding hydrogens is 318 g/mol. The molecule has 0 bridgehead atoms. The molecule has 0 fully saturated rings. The fourth-order valence-corrected chi connectivity index (χ4v) is 2.03. The number of hydrogen-bond donors (Lipinski definition) is 1. The monoisotopic (exact) mass is 343 g/mol. The van der Waals surface area contributed by atoms with Crippen LogP contribution in [0.4, 0.5) is 0 Å². The van der Waals surface area contributed by atoms with Gasteiger partial charge in [0.15, 0.2) is 0 Å². The van der Waals surface area contributed by atoms with Gasteiger partial charge in [0.25, 0.3) is 0 Å². The van der Waals surface area contributed by atoms with Crippen LogP contribution in [-0.2, 0) is 9.47 Å². The van der Waals surface area contributed by atoms with Crippen molar-refractivity contribution in [3.8, 4) is 0 Å². The Balaban J connectivity index is 2.49. The third kappa shape index (κ3) is 7.39. The van der Waals surface area contributed by atoms with Crippen LogP contribution in [0.2, 0.25) is 0 Å². The van der Waals surface area contributed by atoms with E-state index in [-0.39, 0.29) is 11.7 Å². The normalized spacial score (nSPS) is 13.4. The van der Waals surface area contributed by atoms with Gasteiger partial charge < -0.3 is 14.8 Å². The van der Waals surface area contributed by atoms with Crippen LogP contribution in [-0.4, -0.2) is 31.9 Å². The van der Waals surface area contributed by atoms with E-state index in [2.05, 4.69) is 61.1 Å². The lowest BCUT2D eigenvalue weighted by Gasteiger charge is -2.22. The van der Waals surface area contributed by atoms with Gasteiger partial charge in [-0.1, -0.05) is 35.0 Å². The maximum absolute atomic E-state index is 5.96. The molecule has 1 unspecified atom stereocenters. The first-order valence-electron chi connectivity index (χ1n) is 7.14. The van der Waals surface area contributed by atoms with Crippen molar-refractivity contribution in [3.63, 3.8) is 0 Å². The van der Waals surface area contributed by atoms with Crippen LogP contribution in [0, 0.1) is 0 Å². The minimum atomic E-state index is -0.113. The molecule has 0 saturated carbocycles. The van der Waals surface area contributed by atoms with Gasteiger partial charge in [-0.25, -0.2) is 0 Å². The van der Waals surface area contributed by atoms with Crippen LogP contribution in [0.3, 0.4) is 0 Å². The number of likely N-dealkylation sites (N-methyl/N-ethyl adjacent to an activating group) is 1. The number of nitrogens with one attached hydrogen (secondary N) is 1. The van der Waals surface area contributed by atoms with Gasteiger partial charge in [0.1, 0.15) is 0 Å². The molecule has 1 aromatic rings. The Morgan fingerprint density at radius 3 is 2.35 bits per heavy atom. The third-order valence-corrected chi connectivity index (χ3v) is 3.29. The first-order chi connectivity index (χ1) is 9.42. The van der Waals surface area contributed by atoms with Gasteiger partial charge in [-0.15, -0.1) is 0 Å². The standard InChI is InChI=1S/C16H26BrNO2/c1-5-18-12-15(13-6-8-14(17)9-7-13)19-10-11-20-16(2,3)4/h6-9,15,18H,5,10-12H2,1-4H3. The zero-order chi connectivity index (χ0) is 15.0. The van der Waals surface area contributed by atoms with Crippen LogP contribution in [0.25, 0.3) is 0 Å². The lowest BCUT2D eigenvalue weighted by atomic mass is 10.1. The van der Waals surface area contributed by atoms with E-state index in [1.54, 1.807) is 0 Å². The first-order valence-corrected chi connectivity index (χ1v) is 7.93. The molecule has 1 atom stereocenters. The van der Waals surface area contributed by atoms with E-state index in [9.17, 15) is 0 Å². The van der Waals surface area contributed by atoms with Crippen molar-refractivity contribution >= 4 is 15.9 Å². The number of hydrogen-bond acceptors (Lipinski definition) is 3. The summed E-state index contributed by atoms with van der Waals surface area (Å²) in [5, 5.41) is 3.34. The Kier molecular flexibility index (Phi) is 7.74. The van der Waals surface area contributed by atoms with Gasteiger partial charge >= 0.3 is 0 Å². The van der Waals surface area contributed by atoms with Crippen molar-refractivity contribution < 1.29 is 9.47 Å². The molecule has 0 spiro atoms. The van der Waals surface area contributed by atoms with E-state index < -0.39 is 0 Å². The predicted octanol–water partition coefficient (Wildman–Crippen LogP) is 3.93. The molecule has 0 aromatic heterocycles. The molecule has 0 aliphatic heterocycles. The van der Waals surface area contributed by atoms with Gasteiger partial charge in [0, 0.05) is 11.0 Å². The van der Waals surface area contributed by atoms with Gasteiger partial charge in [-0.05, 0) is 45.0 Å². The van der Waals surface area contributed by atoms with E-state index in [0.717, 1.165) is 17.6 Å². The Hall–Kier alpha value is -0.420. The zero-order valence-corrected chi connectivity index (χ0v) is 14.5. The van der Waals surface area contributed by atoms with E-state index in [0.29, 0.717) is 13.2 Å². The highest BCUT2D eigenvalue weighted by Gasteiger charge is 2.13. The largest absolute Gasteiger partial charge is 0.373 e. The summed E-state index contributed by atoms with van der Waals surface area (Å²) >= 11 is 3.46. The number of halogens is 1. The van der Waals surface area contributed by atoms with Crippen LogP contribution >= 0.6 is 15.9 Å². The van der Waals surface area contributed by atoms with Crippen molar-refractivity contribution in [1.29, 1.82) is 0 Å². The number of rotatable bonds is 8. The molecule has 3 nitrogen and oxygen atoms in total. The summed E-state index contributed by atoms with van der Waals surface area (Å²) in [6, 6.07) is 8.28. The molecule has 0 amide bonds. The SMILES string of the molecule is CCNCC(OCCOC(C)(C)C)c1ccc(Br)cc1. The summed E-state index contributed by atoms with van der Waals surface area (Å²) in [6.07, 6.45) is 0.0617. The Labute approximate surface area is 131 Å². The summed E-state index contributed by atoms with van der Waals surface area (Å²) in [4.78, 5) is 0. The van der Waals surface area contributed by atoms with E-state index in [1.165, 1.54) is 5.56 Å². The van der Waals surface area contributed by atoms with Gasteiger partial charge in [0.05, 0.1) is 24.9 Å². The first kappa shape index (κ1) is 17.6. The molecule has 4 heteroatoms. The van der Waals surface area contributed by atoms with Crippen molar-refractivity contribution in [3.05, 3.63) is 34.3 Å². The summed E-state index contributed by atoms with van der Waals surface area (Å²) in [5.41, 5.74) is 1.07. The third-order valence-electron chi connectivity index (χ3n) is 2.76. The molecule has 1 aromatic carbocycles. The fraction of sp³-hybridized carbons (Fsp3) is 0.625. The molecule has 1 N–H and O–H groups in total. The highest BCUT2D eigenvalue weighted by molar-refractivity contribution is 9.10. The molecule has 114 valence electrons. The lowest BCUT2D eigenvalue weighted by molar-refractivity contribution is -0.0518. The number of benzene rings is 1. The highest BCUT2D eigenvalue weighted by atomic mass is 79.9. The lowest BCUT2D eigenvalue weighted by Crippen LogP contribution is -2.26. The quantitative estimate of drug-likeness (QED) is 0.725. The topological polar surface area (TPSA) is 30.5 Å². The van der Waals surface area contributed by atoms with Gasteiger partial charge in [-0.3, -0.25) is 0 Å². The summed E-state index contributed by atoms with van der Waals surface area (Å²) in [6.45, 7) is 11.2. The Morgan fingerprint density at radius 2 is 1.80 bits per heavy atom. The maximum atomic E-state index is 5.96. The van der Waals surface area contributed by atoms with Crippen molar-refractivity contribution in [1.82, 2.24) is 5.32 Å². The van der Waals surface area contributed by atoms with E-state index in [4.69, 9.17) is 9.47 Å². The molecule has 0 radical (unpaired) electrons. The highest BCUT2D eigenvalue weighted by Crippen LogP contribution is 2.20. The minimum Gasteiger partial charge on any atom is -0.373 e. The zero-order valence-electron chi connectivity index (χ0n) is 12.9. The van der Waals surface area contributed by atoms with Crippen molar-refractivity contribution in [2.24, 2.45) is 0 Å². The number of ether oxygens (including phenoxy) is 2. The molecule has 0 aliphatic rings. The second-order valence-corrected chi connectivity index (χ2v) is 6.60. The minimum absolute atomic E-state index is 0.0617. The Morgan fingerprint density at radius 1 is 1.15 bits per heavy atom. The molecule has 0 heterocycles. The maximum Gasteiger partial charge on any atom is 0.0950 e. The smallest absolute Gasteiger partial charge is 0.0950 e. The molecule has 1 rings (SSSR count). The molecule has 0 aliphatic carbocycles. The van der Waals surface area contributed by atoms with Crippen molar-refractivity contribution in [2.75, 3.05) is 26.3 Å². The van der Waals surface area contributed by atoms with Crippen LogP contribution < -0.4 is 5.32 Å². The van der Waals surface area contributed by atoms with Crippen LogP contribution in [0.15, 0.2) is 28.7 Å². The second kappa shape index (κ2) is 8.78. The van der Waals surface area contributed by atoms with Gasteiger partial charge in [-0.2, -0.15) is 0 Å². The summed E-state index contributed by atoms with van der Waals surface area (Å²) in [5.74, 6) is 0. The average Bonchev–Trinajstić information content (AvgIpc) is 2.38. The van der Waals surface area contributed by atoms with E-state index >= 15 is 0 Å². The predicted molar refractivity (Wildman–Crippen MR) is 87.1 cm³/mol. The Bertz CT molecular complexity index is 373. The van der Waals surface area contributed by atoms with Crippen LogP contribution in [0.1, 0.15) is 39.4 Å².